The van der Waals surface area contributed by atoms with Crippen molar-refractivity contribution in [3.8, 4) is 0 Å². The maximum absolute atomic E-state index is 12.6. The van der Waals surface area contributed by atoms with E-state index in [0.29, 0.717) is 28.5 Å². The van der Waals surface area contributed by atoms with Crippen LogP contribution in [0.5, 0.6) is 0 Å². The summed E-state index contributed by atoms with van der Waals surface area (Å²) in [5.74, 6) is 0.481. The van der Waals surface area contributed by atoms with E-state index < -0.39 is 0 Å². The van der Waals surface area contributed by atoms with Gasteiger partial charge < -0.3 is 14.5 Å². The zero-order chi connectivity index (χ0) is 16.6. The lowest BCUT2D eigenvalue weighted by Crippen LogP contribution is -2.59. The number of halogens is 1. The van der Waals surface area contributed by atoms with Gasteiger partial charge in [-0.25, -0.2) is 4.79 Å². The van der Waals surface area contributed by atoms with Gasteiger partial charge in [0, 0.05) is 31.0 Å². The summed E-state index contributed by atoms with van der Waals surface area (Å²) in [5, 5.41) is 0.458. The zero-order valence-electron chi connectivity index (χ0n) is 14.0. The quantitative estimate of drug-likeness (QED) is 0.795. The fraction of sp³-hybridized carbons (Fsp3) is 0.611. The van der Waals surface area contributed by atoms with Gasteiger partial charge in [-0.3, -0.25) is 0 Å². The number of hydrogen-bond acceptors (Lipinski definition) is 4. The summed E-state index contributed by atoms with van der Waals surface area (Å²) < 4.78 is 5.98. The molecule has 1 aromatic rings. The summed E-state index contributed by atoms with van der Waals surface area (Å²) in [6.07, 6.45) is 2.26. The molecule has 5 heteroatoms. The molecular formula is C18H25ClN2O2. The molecule has 2 bridgehead atoms. The number of fused-ring (bicyclic) bond motifs is 2. The van der Waals surface area contributed by atoms with E-state index in [2.05, 4.69) is 30.9 Å². The third-order valence-electron chi connectivity index (χ3n) is 5.28. The van der Waals surface area contributed by atoms with E-state index >= 15 is 0 Å². The first-order valence-corrected chi connectivity index (χ1v) is 8.65. The molecule has 3 rings (SSSR count). The Morgan fingerprint density at radius 1 is 1.26 bits per heavy atom. The number of hydrogen-bond donors (Lipinski definition) is 0. The van der Waals surface area contributed by atoms with Crippen LogP contribution in [-0.2, 0) is 4.74 Å². The number of piperidine rings is 1. The molecule has 4 nitrogen and oxygen atoms in total. The summed E-state index contributed by atoms with van der Waals surface area (Å²) in [5.41, 5.74) is 0.465. The van der Waals surface area contributed by atoms with Gasteiger partial charge in [0.1, 0.15) is 6.10 Å². The van der Waals surface area contributed by atoms with Gasteiger partial charge in [-0.05, 0) is 46.1 Å². The predicted octanol–water partition coefficient (Wildman–Crippen LogP) is 2.77. The van der Waals surface area contributed by atoms with Crippen LogP contribution in [0, 0.1) is 11.8 Å². The summed E-state index contributed by atoms with van der Waals surface area (Å²) in [7, 11) is 6.39. The Bertz CT molecular complexity index is 578. The minimum atomic E-state index is -0.292. The smallest absolute Gasteiger partial charge is 0.339 e. The molecule has 0 N–H and O–H groups in total. The Balaban J connectivity index is 1.80. The van der Waals surface area contributed by atoms with Crippen molar-refractivity contribution in [2.24, 2.45) is 11.8 Å². The fourth-order valence-electron chi connectivity index (χ4n) is 4.23. The van der Waals surface area contributed by atoms with Gasteiger partial charge >= 0.3 is 5.97 Å². The number of carbonyl (C=O) groups excluding carboxylic acids is 1. The molecule has 1 saturated carbocycles. The largest absolute Gasteiger partial charge is 0.458 e. The standard InChI is InChI=1S/C18H25ClN2O2/c1-20(2)16-9-8-12-10-21(3)11-14(16)17(12)23-18(22)13-6-4-5-7-15(13)19/h4-7,12,14,16-17H,8-11H2,1-3H3/t12?,14?,16-,17+/m0/s1. The average Bonchev–Trinajstić information content (AvgIpc) is 2.48. The second-order valence-electron chi connectivity index (χ2n) is 7.10. The number of rotatable bonds is 3. The highest BCUT2D eigenvalue weighted by molar-refractivity contribution is 6.33. The molecule has 4 atom stereocenters. The number of ether oxygens (including phenoxy) is 1. The molecule has 1 saturated heterocycles. The molecule has 0 spiro atoms. The van der Waals surface area contributed by atoms with Crippen molar-refractivity contribution in [2.75, 3.05) is 34.2 Å². The van der Waals surface area contributed by atoms with Gasteiger partial charge in [0.05, 0.1) is 10.6 Å². The van der Waals surface area contributed by atoms with Gasteiger partial charge in [0.2, 0.25) is 0 Å². The Morgan fingerprint density at radius 3 is 2.70 bits per heavy atom. The Kier molecular flexibility index (Phi) is 4.95. The Morgan fingerprint density at radius 2 is 2.00 bits per heavy atom. The average molecular weight is 337 g/mol. The summed E-state index contributed by atoms with van der Waals surface area (Å²) >= 11 is 6.14. The first-order chi connectivity index (χ1) is 11.0. The second-order valence-corrected chi connectivity index (χ2v) is 7.51. The molecule has 2 fully saturated rings. The van der Waals surface area contributed by atoms with Crippen LogP contribution in [0.4, 0.5) is 0 Å². The maximum atomic E-state index is 12.6. The van der Waals surface area contributed by atoms with Gasteiger partial charge in [0.15, 0.2) is 0 Å². The fourth-order valence-corrected chi connectivity index (χ4v) is 4.44. The lowest BCUT2D eigenvalue weighted by molar-refractivity contribution is -0.0872. The van der Waals surface area contributed by atoms with E-state index in [1.165, 1.54) is 6.42 Å². The third kappa shape index (κ3) is 3.39. The summed E-state index contributed by atoms with van der Waals surface area (Å²) in [6.45, 7) is 1.97. The number of nitrogens with zero attached hydrogens (tertiary/aromatic N) is 2. The first kappa shape index (κ1) is 16.7. The second kappa shape index (κ2) is 6.80. The lowest BCUT2D eigenvalue weighted by Gasteiger charge is -2.50. The number of esters is 1. The molecule has 0 aromatic heterocycles. The van der Waals surface area contributed by atoms with Crippen LogP contribution < -0.4 is 0 Å². The van der Waals surface area contributed by atoms with Crippen LogP contribution in [0.1, 0.15) is 23.2 Å². The third-order valence-corrected chi connectivity index (χ3v) is 5.61. The van der Waals surface area contributed by atoms with Crippen molar-refractivity contribution in [2.45, 2.75) is 25.0 Å². The summed E-state index contributed by atoms with van der Waals surface area (Å²) in [6, 6.07) is 7.57. The molecule has 2 aliphatic rings. The van der Waals surface area contributed by atoms with Crippen LogP contribution in [0.15, 0.2) is 24.3 Å². The lowest BCUT2D eigenvalue weighted by atomic mass is 9.72. The van der Waals surface area contributed by atoms with Crippen LogP contribution in [-0.4, -0.2) is 62.1 Å². The predicted molar refractivity (Wildman–Crippen MR) is 91.8 cm³/mol. The van der Waals surface area contributed by atoms with Crippen molar-refractivity contribution in [1.29, 1.82) is 0 Å². The number of carbonyl (C=O) groups is 1. The molecule has 1 heterocycles. The molecule has 1 aliphatic heterocycles. The van der Waals surface area contributed by atoms with E-state index in [-0.39, 0.29) is 12.1 Å². The van der Waals surface area contributed by atoms with Crippen molar-refractivity contribution < 1.29 is 9.53 Å². The van der Waals surface area contributed by atoms with E-state index in [1.54, 1.807) is 12.1 Å². The van der Waals surface area contributed by atoms with Crippen molar-refractivity contribution in [3.05, 3.63) is 34.9 Å². The van der Waals surface area contributed by atoms with Gasteiger partial charge in [-0.1, -0.05) is 23.7 Å². The summed E-state index contributed by atoms with van der Waals surface area (Å²) in [4.78, 5) is 17.2. The SMILES string of the molecule is CN1CC2CC[C@H](N(C)C)C(C1)[C@@H]2OC(=O)c1ccccc1Cl. The molecule has 1 aliphatic carbocycles. The maximum Gasteiger partial charge on any atom is 0.339 e. The molecule has 0 radical (unpaired) electrons. The van der Waals surface area contributed by atoms with E-state index in [4.69, 9.17) is 16.3 Å². The highest BCUT2D eigenvalue weighted by atomic mass is 35.5. The van der Waals surface area contributed by atoms with Crippen LogP contribution in [0.2, 0.25) is 5.02 Å². The number of likely N-dealkylation sites (tertiary alicyclic amines) is 1. The van der Waals surface area contributed by atoms with Crippen molar-refractivity contribution in [1.82, 2.24) is 9.80 Å². The zero-order valence-corrected chi connectivity index (χ0v) is 14.8. The van der Waals surface area contributed by atoms with Crippen LogP contribution >= 0.6 is 11.6 Å². The minimum Gasteiger partial charge on any atom is -0.458 e. The minimum absolute atomic E-state index is 0.0175. The molecule has 126 valence electrons. The Labute approximate surface area is 143 Å². The molecule has 0 amide bonds. The van der Waals surface area contributed by atoms with Gasteiger partial charge in [0.25, 0.3) is 0 Å². The normalized spacial score (nSPS) is 31.2. The van der Waals surface area contributed by atoms with E-state index in [9.17, 15) is 4.79 Å². The molecular weight excluding hydrogens is 312 g/mol. The molecule has 1 aromatic carbocycles. The van der Waals surface area contributed by atoms with Crippen molar-refractivity contribution in [3.63, 3.8) is 0 Å². The Hall–Kier alpha value is -1.10. The first-order valence-electron chi connectivity index (χ1n) is 8.28. The van der Waals surface area contributed by atoms with E-state index in [1.807, 2.05) is 12.1 Å². The van der Waals surface area contributed by atoms with E-state index in [0.717, 1.165) is 19.5 Å². The highest BCUT2D eigenvalue weighted by Crippen LogP contribution is 2.39. The molecule has 2 unspecified atom stereocenters. The van der Waals surface area contributed by atoms with Crippen LogP contribution in [0.25, 0.3) is 0 Å². The van der Waals surface area contributed by atoms with Gasteiger partial charge in [-0.15, -0.1) is 0 Å². The van der Waals surface area contributed by atoms with Crippen LogP contribution in [0.3, 0.4) is 0 Å². The van der Waals surface area contributed by atoms with Crippen molar-refractivity contribution >= 4 is 17.6 Å². The highest BCUT2D eigenvalue weighted by Gasteiger charge is 2.46. The molecule has 23 heavy (non-hydrogen) atoms. The number of benzene rings is 1. The topological polar surface area (TPSA) is 32.8 Å². The van der Waals surface area contributed by atoms with Gasteiger partial charge in [-0.2, -0.15) is 0 Å². The monoisotopic (exact) mass is 336 g/mol.